The van der Waals surface area contributed by atoms with Gasteiger partial charge < -0.3 is 14.2 Å². The molecule has 0 fully saturated rings. The van der Waals surface area contributed by atoms with Crippen LogP contribution in [-0.4, -0.2) is 41.5 Å². The van der Waals surface area contributed by atoms with Crippen molar-refractivity contribution in [3.8, 4) is 5.75 Å². The molecular weight excluding hydrogens is 360 g/mol. The van der Waals surface area contributed by atoms with Crippen molar-refractivity contribution in [2.24, 2.45) is 0 Å². The maximum absolute atomic E-state index is 12.8. The van der Waals surface area contributed by atoms with Gasteiger partial charge in [0.1, 0.15) is 17.0 Å². The molecule has 0 saturated heterocycles. The first-order chi connectivity index (χ1) is 12.9. The molecule has 0 aliphatic heterocycles. The minimum atomic E-state index is -0.685. The fraction of sp³-hybridized carbons (Fsp3) is 0.619. The van der Waals surface area contributed by atoms with Crippen molar-refractivity contribution in [3.05, 3.63) is 29.3 Å². The lowest BCUT2D eigenvalue weighted by Gasteiger charge is -2.36. The Labute approximate surface area is 167 Å². The molecule has 1 aliphatic carbocycles. The van der Waals surface area contributed by atoms with Gasteiger partial charge in [0.2, 0.25) is 0 Å². The maximum atomic E-state index is 12.8. The van der Waals surface area contributed by atoms with Gasteiger partial charge >= 0.3 is 12.2 Å². The van der Waals surface area contributed by atoms with Gasteiger partial charge in [0, 0.05) is 0 Å². The number of nitrogens with one attached hydrogen (secondary N) is 1. The Hall–Kier alpha value is -2.44. The van der Waals surface area contributed by atoms with Gasteiger partial charge in [-0.15, -0.1) is 0 Å². The summed E-state index contributed by atoms with van der Waals surface area (Å²) in [5.74, 6) is 0.767. The second kappa shape index (κ2) is 8.29. The second-order valence-electron chi connectivity index (χ2n) is 9.00. The fourth-order valence-electron chi connectivity index (χ4n) is 3.06. The van der Waals surface area contributed by atoms with Crippen LogP contribution in [0.4, 0.5) is 9.59 Å². The normalized spacial score (nSPS) is 16.6. The molecule has 2 rings (SSSR count). The molecule has 1 aromatic carbocycles. The summed E-state index contributed by atoms with van der Waals surface area (Å²) < 4.78 is 16.1. The molecule has 28 heavy (non-hydrogen) atoms. The summed E-state index contributed by atoms with van der Waals surface area (Å²) in [6.07, 6.45) is 0.791. The molecule has 0 aromatic heterocycles. The number of hydrazine groups is 1. The third-order valence-corrected chi connectivity index (χ3v) is 4.18. The van der Waals surface area contributed by atoms with Crippen LogP contribution in [0, 0.1) is 0 Å². The molecule has 0 radical (unpaired) electrons. The minimum absolute atomic E-state index is 0.248. The van der Waals surface area contributed by atoms with E-state index in [0.717, 1.165) is 17.7 Å². The summed E-state index contributed by atoms with van der Waals surface area (Å²) in [5.41, 5.74) is 3.55. The van der Waals surface area contributed by atoms with Crippen LogP contribution in [0.3, 0.4) is 0 Å². The van der Waals surface area contributed by atoms with E-state index in [1.54, 1.807) is 48.7 Å². The van der Waals surface area contributed by atoms with E-state index in [2.05, 4.69) is 5.43 Å². The fourth-order valence-corrected chi connectivity index (χ4v) is 3.06. The quantitative estimate of drug-likeness (QED) is 0.762. The molecule has 0 bridgehead atoms. The number of rotatable bonds is 2. The third kappa shape index (κ3) is 6.32. The van der Waals surface area contributed by atoms with Crippen LogP contribution in [0.1, 0.15) is 59.1 Å². The molecule has 1 N–H and O–H groups in total. The largest absolute Gasteiger partial charge is 0.497 e. The smallest absolute Gasteiger partial charge is 0.429 e. The zero-order valence-electron chi connectivity index (χ0n) is 17.9. The molecule has 7 heteroatoms. The van der Waals surface area contributed by atoms with Crippen molar-refractivity contribution >= 4 is 12.2 Å². The number of aryl methyl sites for hydroxylation is 1. The molecule has 1 aliphatic rings. The standard InChI is InChI=1S/C21H32N2O5/c1-20(2,3)27-18(24)22-23(19(25)28-21(4,5)6)16-10-8-14-9-11-17(26-7)13-15(14)12-16/h9,11,13,16H,8,10,12H2,1-7H3,(H,22,24)/t16-/m0/s1. The van der Waals surface area contributed by atoms with Gasteiger partial charge in [-0.1, -0.05) is 6.07 Å². The van der Waals surface area contributed by atoms with Crippen molar-refractivity contribution in [2.75, 3.05) is 7.11 Å². The number of methoxy groups -OCH3 is 1. The van der Waals surface area contributed by atoms with Crippen LogP contribution in [0.5, 0.6) is 5.75 Å². The number of carbonyl (C=O) groups excluding carboxylic acids is 2. The lowest BCUT2D eigenvalue weighted by Crippen LogP contribution is -2.55. The highest BCUT2D eigenvalue weighted by molar-refractivity contribution is 5.74. The zero-order valence-corrected chi connectivity index (χ0v) is 17.9. The van der Waals surface area contributed by atoms with E-state index in [9.17, 15) is 9.59 Å². The van der Waals surface area contributed by atoms with Crippen molar-refractivity contribution in [1.29, 1.82) is 0 Å². The summed E-state index contributed by atoms with van der Waals surface area (Å²) in [5, 5.41) is 1.27. The molecule has 0 saturated carbocycles. The van der Waals surface area contributed by atoms with Gasteiger partial charge in [-0.25, -0.2) is 20.0 Å². The van der Waals surface area contributed by atoms with Crippen LogP contribution in [0.25, 0.3) is 0 Å². The molecule has 2 amide bonds. The monoisotopic (exact) mass is 392 g/mol. The Morgan fingerprint density at radius 1 is 1.04 bits per heavy atom. The summed E-state index contributed by atoms with van der Waals surface area (Å²) in [4.78, 5) is 25.1. The average molecular weight is 392 g/mol. The maximum Gasteiger partial charge on any atom is 0.429 e. The highest BCUT2D eigenvalue weighted by Crippen LogP contribution is 2.28. The molecule has 0 unspecified atom stereocenters. The molecule has 156 valence electrons. The van der Waals surface area contributed by atoms with Gasteiger partial charge in [0.05, 0.1) is 13.2 Å². The Morgan fingerprint density at radius 2 is 1.68 bits per heavy atom. The number of hydrogen-bond acceptors (Lipinski definition) is 5. The first-order valence-corrected chi connectivity index (χ1v) is 9.55. The van der Waals surface area contributed by atoms with Gasteiger partial charge in [-0.2, -0.15) is 0 Å². The molecule has 0 heterocycles. The Kier molecular flexibility index (Phi) is 6.47. The SMILES string of the molecule is COc1ccc2c(c1)C[C@@H](N(NC(=O)OC(C)(C)C)C(=O)OC(C)(C)C)CC2. The Balaban J connectivity index is 2.22. The van der Waals surface area contributed by atoms with Crippen molar-refractivity contribution < 1.29 is 23.8 Å². The van der Waals surface area contributed by atoms with Gasteiger partial charge in [-0.05, 0) is 84.1 Å². The van der Waals surface area contributed by atoms with E-state index >= 15 is 0 Å². The van der Waals surface area contributed by atoms with Gasteiger partial charge in [0.25, 0.3) is 0 Å². The average Bonchev–Trinajstić information content (AvgIpc) is 2.55. The van der Waals surface area contributed by atoms with Gasteiger partial charge in [0.15, 0.2) is 0 Å². The van der Waals surface area contributed by atoms with E-state index in [0.29, 0.717) is 12.8 Å². The molecular formula is C21H32N2O5. The Bertz CT molecular complexity index is 718. The van der Waals surface area contributed by atoms with Crippen LogP contribution in [0.2, 0.25) is 0 Å². The number of hydrogen-bond donors (Lipinski definition) is 1. The predicted octanol–water partition coefficient (Wildman–Crippen LogP) is 4.23. The number of amides is 2. The van der Waals surface area contributed by atoms with Crippen LogP contribution < -0.4 is 10.2 Å². The number of nitrogens with zero attached hydrogens (tertiary/aromatic N) is 1. The van der Waals surface area contributed by atoms with Crippen molar-refractivity contribution in [3.63, 3.8) is 0 Å². The first kappa shape index (κ1) is 21.9. The van der Waals surface area contributed by atoms with E-state index < -0.39 is 23.4 Å². The summed E-state index contributed by atoms with van der Waals surface area (Å²) in [6, 6.07) is 5.71. The highest BCUT2D eigenvalue weighted by atomic mass is 16.6. The van der Waals surface area contributed by atoms with Crippen molar-refractivity contribution in [2.45, 2.75) is 78.0 Å². The summed E-state index contributed by atoms with van der Waals surface area (Å²) in [6.45, 7) is 10.7. The second-order valence-corrected chi connectivity index (χ2v) is 9.00. The van der Waals surface area contributed by atoms with Crippen LogP contribution in [-0.2, 0) is 22.3 Å². The topological polar surface area (TPSA) is 77.1 Å². The number of ether oxygens (including phenoxy) is 3. The predicted molar refractivity (Wildman–Crippen MR) is 106 cm³/mol. The Morgan fingerprint density at radius 3 is 2.25 bits per heavy atom. The lowest BCUT2D eigenvalue weighted by molar-refractivity contribution is -0.0111. The zero-order chi connectivity index (χ0) is 21.1. The number of benzene rings is 1. The number of carbonyl (C=O) groups is 2. The van der Waals surface area contributed by atoms with Crippen LogP contribution in [0.15, 0.2) is 18.2 Å². The number of fused-ring (bicyclic) bond motifs is 1. The third-order valence-electron chi connectivity index (χ3n) is 4.18. The molecule has 7 nitrogen and oxygen atoms in total. The molecule has 0 spiro atoms. The first-order valence-electron chi connectivity index (χ1n) is 9.55. The highest BCUT2D eigenvalue weighted by Gasteiger charge is 2.33. The van der Waals surface area contributed by atoms with E-state index in [1.165, 1.54) is 10.6 Å². The summed E-state index contributed by atoms with van der Waals surface area (Å²) >= 11 is 0. The minimum Gasteiger partial charge on any atom is -0.497 e. The summed E-state index contributed by atoms with van der Waals surface area (Å²) in [7, 11) is 1.62. The van der Waals surface area contributed by atoms with Crippen molar-refractivity contribution in [1.82, 2.24) is 10.4 Å². The van der Waals surface area contributed by atoms with E-state index in [1.807, 2.05) is 18.2 Å². The lowest BCUT2D eigenvalue weighted by atomic mass is 9.88. The molecule has 1 atom stereocenters. The molecule has 1 aromatic rings. The van der Waals surface area contributed by atoms with E-state index in [4.69, 9.17) is 14.2 Å². The van der Waals surface area contributed by atoms with E-state index in [-0.39, 0.29) is 6.04 Å². The van der Waals surface area contributed by atoms with Crippen LogP contribution >= 0.6 is 0 Å². The van der Waals surface area contributed by atoms with Gasteiger partial charge in [-0.3, -0.25) is 0 Å².